The van der Waals surface area contributed by atoms with Crippen molar-refractivity contribution < 1.29 is 14.3 Å². The molecule has 0 unspecified atom stereocenters. The summed E-state index contributed by atoms with van der Waals surface area (Å²) in [5.41, 5.74) is 2.14. The highest BCUT2D eigenvalue weighted by atomic mass is 16.5. The number of para-hydroxylation sites is 1. The number of benzene rings is 2. The topological polar surface area (TPSA) is 47.6 Å². The van der Waals surface area contributed by atoms with Gasteiger partial charge in [0.1, 0.15) is 18.1 Å². The summed E-state index contributed by atoms with van der Waals surface area (Å²) in [6, 6.07) is 15.5. The van der Waals surface area contributed by atoms with E-state index in [0.717, 1.165) is 23.5 Å². The van der Waals surface area contributed by atoms with E-state index in [4.69, 9.17) is 9.47 Å². The second-order valence-electron chi connectivity index (χ2n) is 5.21. The average Bonchev–Trinajstić information content (AvgIpc) is 2.64. The minimum absolute atomic E-state index is 0.161. The Kier molecular flexibility index (Phi) is 6.90. The first-order valence-electron chi connectivity index (χ1n) is 8.03. The number of carbonyl (C=O) groups excluding carboxylic acids is 1. The summed E-state index contributed by atoms with van der Waals surface area (Å²) in [4.78, 5) is 11.8. The molecule has 0 aliphatic heterocycles. The van der Waals surface area contributed by atoms with E-state index in [1.54, 1.807) is 13.2 Å². The van der Waals surface area contributed by atoms with Gasteiger partial charge in [0, 0.05) is 11.6 Å². The molecular weight excluding hydrogens is 302 g/mol. The number of ether oxygens (including phenoxy) is 2. The molecule has 0 heterocycles. The van der Waals surface area contributed by atoms with Crippen molar-refractivity contribution >= 4 is 12.0 Å². The maximum Gasteiger partial charge on any atom is 0.244 e. The third-order valence-corrected chi connectivity index (χ3v) is 3.55. The van der Waals surface area contributed by atoms with Crippen LogP contribution in [0.15, 0.2) is 54.6 Å². The van der Waals surface area contributed by atoms with Crippen molar-refractivity contribution in [3.05, 3.63) is 65.7 Å². The van der Waals surface area contributed by atoms with Gasteiger partial charge < -0.3 is 14.8 Å². The third kappa shape index (κ3) is 5.47. The van der Waals surface area contributed by atoms with Gasteiger partial charge in [-0.25, -0.2) is 0 Å². The number of methoxy groups -OCH3 is 1. The molecule has 2 aromatic carbocycles. The van der Waals surface area contributed by atoms with Crippen LogP contribution in [0.3, 0.4) is 0 Å². The van der Waals surface area contributed by atoms with Crippen LogP contribution in [-0.2, 0) is 11.2 Å². The van der Waals surface area contributed by atoms with Crippen LogP contribution in [0.2, 0.25) is 0 Å². The summed E-state index contributed by atoms with van der Waals surface area (Å²) in [5, 5.41) is 2.79. The third-order valence-electron chi connectivity index (χ3n) is 3.55. The van der Waals surface area contributed by atoms with E-state index in [-0.39, 0.29) is 5.91 Å². The van der Waals surface area contributed by atoms with Crippen LogP contribution in [-0.4, -0.2) is 26.2 Å². The van der Waals surface area contributed by atoms with Crippen LogP contribution in [0.5, 0.6) is 11.5 Å². The summed E-state index contributed by atoms with van der Waals surface area (Å²) in [5.74, 6) is 1.39. The van der Waals surface area contributed by atoms with Gasteiger partial charge in [0.2, 0.25) is 5.91 Å². The predicted molar refractivity (Wildman–Crippen MR) is 96.4 cm³/mol. The summed E-state index contributed by atoms with van der Waals surface area (Å²) in [6.07, 6.45) is 4.24. The molecule has 0 bridgehead atoms. The molecule has 1 amide bonds. The standard InChI is InChI=1S/C20H23NO3/c1-3-16-8-11-18(12-9-16)24-15-14-21-20(22)13-10-17-6-4-5-7-19(17)23-2/h4-13H,3,14-15H2,1-2H3,(H,21,22)/b13-10+. The summed E-state index contributed by atoms with van der Waals surface area (Å²) in [6.45, 7) is 2.99. The summed E-state index contributed by atoms with van der Waals surface area (Å²) >= 11 is 0. The van der Waals surface area contributed by atoms with Gasteiger partial charge in [-0.15, -0.1) is 0 Å². The molecule has 0 saturated heterocycles. The fourth-order valence-electron chi connectivity index (χ4n) is 2.19. The molecule has 1 N–H and O–H groups in total. The lowest BCUT2D eigenvalue weighted by Crippen LogP contribution is -2.26. The maximum atomic E-state index is 11.8. The zero-order valence-electron chi connectivity index (χ0n) is 14.1. The second-order valence-corrected chi connectivity index (χ2v) is 5.21. The number of rotatable bonds is 8. The lowest BCUT2D eigenvalue weighted by atomic mass is 10.2. The fourth-order valence-corrected chi connectivity index (χ4v) is 2.19. The monoisotopic (exact) mass is 325 g/mol. The Morgan fingerprint density at radius 3 is 2.58 bits per heavy atom. The predicted octanol–water partition coefficient (Wildman–Crippen LogP) is 3.47. The molecule has 0 atom stereocenters. The molecule has 0 saturated carbocycles. The van der Waals surface area contributed by atoms with Crippen LogP contribution in [0.4, 0.5) is 0 Å². The number of amides is 1. The number of hydrogen-bond acceptors (Lipinski definition) is 3. The number of aryl methyl sites for hydroxylation is 1. The van der Waals surface area contributed by atoms with E-state index in [2.05, 4.69) is 12.2 Å². The molecule has 2 rings (SSSR count). The van der Waals surface area contributed by atoms with Gasteiger partial charge in [0.15, 0.2) is 0 Å². The molecule has 0 aliphatic rings. The first-order valence-corrected chi connectivity index (χ1v) is 8.03. The zero-order valence-corrected chi connectivity index (χ0v) is 14.1. The summed E-state index contributed by atoms with van der Waals surface area (Å²) < 4.78 is 10.8. The fraction of sp³-hybridized carbons (Fsp3) is 0.250. The van der Waals surface area contributed by atoms with Crippen LogP contribution in [0, 0.1) is 0 Å². The van der Waals surface area contributed by atoms with E-state index in [1.807, 2.05) is 48.5 Å². The van der Waals surface area contributed by atoms with E-state index in [0.29, 0.717) is 13.2 Å². The number of hydrogen-bond donors (Lipinski definition) is 1. The molecule has 0 aliphatic carbocycles. The Hall–Kier alpha value is -2.75. The Morgan fingerprint density at radius 1 is 1.12 bits per heavy atom. The SMILES string of the molecule is CCc1ccc(OCCNC(=O)/C=C/c2ccccc2OC)cc1. The van der Waals surface area contributed by atoms with Gasteiger partial charge in [0.05, 0.1) is 13.7 Å². The molecule has 4 heteroatoms. The van der Waals surface area contributed by atoms with Crippen molar-refractivity contribution in [2.24, 2.45) is 0 Å². The zero-order chi connectivity index (χ0) is 17.2. The van der Waals surface area contributed by atoms with Crippen molar-refractivity contribution in [1.82, 2.24) is 5.32 Å². The van der Waals surface area contributed by atoms with Crippen molar-refractivity contribution in [2.75, 3.05) is 20.3 Å². The molecular formula is C20H23NO3. The number of carbonyl (C=O) groups is 1. The van der Waals surface area contributed by atoms with Crippen molar-refractivity contribution in [3.63, 3.8) is 0 Å². The Labute approximate surface area is 143 Å². The van der Waals surface area contributed by atoms with E-state index >= 15 is 0 Å². The van der Waals surface area contributed by atoms with Crippen LogP contribution >= 0.6 is 0 Å². The summed E-state index contributed by atoms with van der Waals surface area (Å²) in [7, 11) is 1.61. The molecule has 0 spiro atoms. The molecule has 4 nitrogen and oxygen atoms in total. The van der Waals surface area contributed by atoms with Crippen LogP contribution in [0.1, 0.15) is 18.1 Å². The average molecular weight is 325 g/mol. The Morgan fingerprint density at radius 2 is 1.88 bits per heavy atom. The first kappa shape index (κ1) is 17.6. The van der Waals surface area contributed by atoms with E-state index in [1.165, 1.54) is 11.6 Å². The Bertz CT molecular complexity index is 678. The molecule has 126 valence electrons. The largest absolute Gasteiger partial charge is 0.496 e. The van der Waals surface area contributed by atoms with Gasteiger partial charge in [-0.3, -0.25) is 4.79 Å². The molecule has 0 fully saturated rings. The van der Waals surface area contributed by atoms with Gasteiger partial charge >= 0.3 is 0 Å². The van der Waals surface area contributed by atoms with Gasteiger partial charge in [-0.05, 0) is 36.3 Å². The van der Waals surface area contributed by atoms with Crippen LogP contribution < -0.4 is 14.8 Å². The van der Waals surface area contributed by atoms with Crippen LogP contribution in [0.25, 0.3) is 6.08 Å². The minimum atomic E-state index is -0.161. The van der Waals surface area contributed by atoms with E-state index < -0.39 is 0 Å². The molecule has 2 aromatic rings. The quantitative estimate of drug-likeness (QED) is 0.597. The molecule has 24 heavy (non-hydrogen) atoms. The Balaban J connectivity index is 1.73. The minimum Gasteiger partial charge on any atom is -0.496 e. The van der Waals surface area contributed by atoms with Crippen molar-refractivity contribution in [2.45, 2.75) is 13.3 Å². The highest BCUT2D eigenvalue weighted by Gasteiger charge is 2.00. The lowest BCUT2D eigenvalue weighted by Gasteiger charge is -2.07. The lowest BCUT2D eigenvalue weighted by molar-refractivity contribution is -0.116. The highest BCUT2D eigenvalue weighted by Crippen LogP contribution is 2.18. The molecule has 0 radical (unpaired) electrons. The number of nitrogens with one attached hydrogen (secondary N) is 1. The smallest absolute Gasteiger partial charge is 0.244 e. The normalized spacial score (nSPS) is 10.6. The second kappa shape index (κ2) is 9.40. The maximum absolute atomic E-state index is 11.8. The van der Waals surface area contributed by atoms with Crippen molar-refractivity contribution in [1.29, 1.82) is 0 Å². The molecule has 0 aromatic heterocycles. The first-order chi connectivity index (χ1) is 11.7. The van der Waals surface area contributed by atoms with Crippen molar-refractivity contribution in [3.8, 4) is 11.5 Å². The van der Waals surface area contributed by atoms with Gasteiger partial charge in [-0.1, -0.05) is 37.3 Å². The van der Waals surface area contributed by atoms with E-state index in [9.17, 15) is 4.79 Å². The van der Waals surface area contributed by atoms with Gasteiger partial charge in [0.25, 0.3) is 0 Å². The van der Waals surface area contributed by atoms with Gasteiger partial charge in [-0.2, -0.15) is 0 Å². The highest BCUT2D eigenvalue weighted by molar-refractivity contribution is 5.92.